The van der Waals surface area contributed by atoms with E-state index in [1.807, 2.05) is 0 Å². The van der Waals surface area contributed by atoms with E-state index in [-0.39, 0.29) is 0 Å². The maximum Gasteiger partial charge on any atom is 0.120 e. The van der Waals surface area contributed by atoms with Crippen molar-refractivity contribution in [2.24, 2.45) is 0 Å². The average molecular weight is 278 g/mol. The molecular formula is C15H22N2OS. The van der Waals surface area contributed by atoms with Gasteiger partial charge in [0.1, 0.15) is 6.29 Å². The second-order valence-corrected chi connectivity index (χ2v) is 6.18. The van der Waals surface area contributed by atoms with Crippen LogP contribution in [0.4, 0.5) is 11.4 Å². The normalized spacial score (nSPS) is 14.7. The lowest BCUT2D eigenvalue weighted by Gasteiger charge is -2.23. The molecule has 0 atom stereocenters. The van der Waals surface area contributed by atoms with E-state index in [9.17, 15) is 4.79 Å². The minimum absolute atomic E-state index is 0.616. The molecule has 1 fully saturated rings. The molecule has 0 unspecified atom stereocenters. The molecule has 1 saturated heterocycles. The zero-order chi connectivity index (χ0) is 13.7. The number of rotatable bonds is 6. The predicted octanol–water partition coefficient (Wildman–Crippen LogP) is 3.03. The highest BCUT2D eigenvalue weighted by atomic mass is 32.2. The number of nitrogens with zero attached hydrogens (tertiary/aromatic N) is 2. The SMILES string of the molecule is CN(C)c1cc(N2CCCC2)ccc1SCCC=O. The topological polar surface area (TPSA) is 23.6 Å². The monoisotopic (exact) mass is 278 g/mol. The summed E-state index contributed by atoms with van der Waals surface area (Å²) in [5.74, 6) is 0.855. The van der Waals surface area contributed by atoms with Crippen molar-refractivity contribution in [1.82, 2.24) is 0 Å². The third-order valence-corrected chi connectivity index (χ3v) is 4.48. The van der Waals surface area contributed by atoms with E-state index in [0.717, 1.165) is 12.0 Å². The number of benzene rings is 1. The van der Waals surface area contributed by atoms with Gasteiger partial charge >= 0.3 is 0 Å². The number of carbonyl (C=O) groups is 1. The number of aldehydes is 1. The Hall–Kier alpha value is -1.16. The van der Waals surface area contributed by atoms with Crippen molar-refractivity contribution >= 4 is 29.4 Å². The Morgan fingerprint density at radius 3 is 2.68 bits per heavy atom. The van der Waals surface area contributed by atoms with E-state index >= 15 is 0 Å². The summed E-state index contributed by atoms with van der Waals surface area (Å²) in [6.07, 6.45) is 4.20. The fraction of sp³-hybridized carbons (Fsp3) is 0.533. The van der Waals surface area contributed by atoms with E-state index < -0.39 is 0 Å². The molecule has 0 spiro atoms. The second kappa shape index (κ2) is 6.85. The van der Waals surface area contributed by atoms with Gasteiger partial charge in [-0.25, -0.2) is 0 Å². The van der Waals surface area contributed by atoms with Crippen LogP contribution in [0.5, 0.6) is 0 Å². The van der Waals surface area contributed by atoms with Crippen molar-refractivity contribution in [3.05, 3.63) is 18.2 Å². The van der Waals surface area contributed by atoms with Crippen LogP contribution in [-0.2, 0) is 4.79 Å². The molecule has 1 aliphatic heterocycles. The van der Waals surface area contributed by atoms with Crippen LogP contribution in [0.1, 0.15) is 19.3 Å². The molecule has 4 heteroatoms. The first-order valence-electron chi connectivity index (χ1n) is 6.85. The van der Waals surface area contributed by atoms with Crippen LogP contribution in [0.3, 0.4) is 0 Å². The third-order valence-electron chi connectivity index (χ3n) is 3.39. The highest BCUT2D eigenvalue weighted by molar-refractivity contribution is 7.99. The molecule has 0 aromatic heterocycles. The van der Waals surface area contributed by atoms with Gasteiger partial charge in [-0.1, -0.05) is 0 Å². The Balaban J connectivity index is 2.16. The third kappa shape index (κ3) is 3.66. The number of thioether (sulfide) groups is 1. The van der Waals surface area contributed by atoms with Gasteiger partial charge in [-0.15, -0.1) is 11.8 Å². The van der Waals surface area contributed by atoms with Crippen LogP contribution in [0.25, 0.3) is 0 Å². The maximum absolute atomic E-state index is 10.4. The van der Waals surface area contributed by atoms with Crippen LogP contribution in [0.15, 0.2) is 23.1 Å². The zero-order valence-electron chi connectivity index (χ0n) is 11.8. The van der Waals surface area contributed by atoms with E-state index in [2.05, 4.69) is 42.1 Å². The van der Waals surface area contributed by atoms with Crippen molar-refractivity contribution in [2.75, 3.05) is 42.7 Å². The Morgan fingerprint density at radius 2 is 2.05 bits per heavy atom. The zero-order valence-corrected chi connectivity index (χ0v) is 12.6. The molecule has 2 rings (SSSR count). The van der Waals surface area contributed by atoms with Gasteiger partial charge in [-0.3, -0.25) is 0 Å². The van der Waals surface area contributed by atoms with E-state index in [4.69, 9.17) is 0 Å². The average Bonchev–Trinajstić information content (AvgIpc) is 2.93. The van der Waals surface area contributed by atoms with Crippen molar-refractivity contribution in [3.8, 4) is 0 Å². The van der Waals surface area contributed by atoms with Gasteiger partial charge in [-0.2, -0.15) is 0 Å². The summed E-state index contributed by atoms with van der Waals surface area (Å²) >= 11 is 1.76. The van der Waals surface area contributed by atoms with Crippen molar-refractivity contribution in [3.63, 3.8) is 0 Å². The molecule has 19 heavy (non-hydrogen) atoms. The molecule has 0 saturated carbocycles. The summed E-state index contributed by atoms with van der Waals surface area (Å²) in [5, 5.41) is 0. The van der Waals surface area contributed by atoms with E-state index in [1.165, 1.54) is 42.2 Å². The molecule has 104 valence electrons. The van der Waals surface area contributed by atoms with Gasteiger partial charge in [-0.05, 0) is 31.0 Å². The molecule has 0 amide bonds. The Morgan fingerprint density at radius 1 is 1.32 bits per heavy atom. The van der Waals surface area contributed by atoms with Crippen LogP contribution in [0, 0.1) is 0 Å². The Kier molecular flexibility index (Phi) is 5.14. The summed E-state index contributed by atoms with van der Waals surface area (Å²) in [7, 11) is 4.15. The Labute approximate surface area is 120 Å². The highest BCUT2D eigenvalue weighted by Crippen LogP contribution is 2.34. The maximum atomic E-state index is 10.4. The first kappa shape index (κ1) is 14.3. The number of hydrogen-bond acceptors (Lipinski definition) is 4. The molecular weight excluding hydrogens is 256 g/mol. The van der Waals surface area contributed by atoms with Crippen molar-refractivity contribution in [1.29, 1.82) is 0 Å². The molecule has 1 aromatic carbocycles. The van der Waals surface area contributed by atoms with Crippen LogP contribution in [0.2, 0.25) is 0 Å². The molecule has 0 bridgehead atoms. The summed E-state index contributed by atoms with van der Waals surface area (Å²) in [5.41, 5.74) is 2.57. The number of hydrogen-bond donors (Lipinski definition) is 0. The largest absolute Gasteiger partial charge is 0.377 e. The fourth-order valence-electron chi connectivity index (χ4n) is 2.37. The van der Waals surface area contributed by atoms with Crippen LogP contribution < -0.4 is 9.80 Å². The highest BCUT2D eigenvalue weighted by Gasteiger charge is 2.14. The molecule has 1 aromatic rings. The smallest absolute Gasteiger partial charge is 0.120 e. The number of carbonyl (C=O) groups excluding carboxylic acids is 1. The molecule has 1 aliphatic rings. The van der Waals surface area contributed by atoms with Crippen molar-refractivity contribution < 1.29 is 4.79 Å². The standard InChI is InChI=1S/C15H22N2OS/c1-16(2)14-12-13(17-8-3-4-9-17)6-7-15(14)19-11-5-10-18/h6-7,10,12H,3-5,8-9,11H2,1-2H3. The van der Waals surface area contributed by atoms with Gasteiger partial charge in [0.2, 0.25) is 0 Å². The molecule has 0 aliphatic carbocycles. The lowest BCUT2D eigenvalue weighted by Crippen LogP contribution is -2.18. The fourth-order valence-corrected chi connectivity index (χ4v) is 3.35. The summed E-state index contributed by atoms with van der Waals surface area (Å²) in [6.45, 7) is 2.34. The van der Waals surface area contributed by atoms with Crippen molar-refractivity contribution in [2.45, 2.75) is 24.2 Å². The summed E-state index contributed by atoms with van der Waals surface area (Å²) < 4.78 is 0. The molecule has 3 nitrogen and oxygen atoms in total. The van der Waals surface area contributed by atoms with Gasteiger partial charge in [0.05, 0.1) is 5.69 Å². The minimum Gasteiger partial charge on any atom is -0.377 e. The lowest BCUT2D eigenvalue weighted by molar-refractivity contribution is -0.107. The molecule has 0 N–H and O–H groups in total. The summed E-state index contributed by atoms with van der Waals surface area (Å²) in [6, 6.07) is 6.68. The summed E-state index contributed by atoms with van der Waals surface area (Å²) in [4.78, 5) is 16.3. The quantitative estimate of drug-likeness (QED) is 0.453. The Bertz CT molecular complexity index is 428. The number of anilines is 2. The minimum atomic E-state index is 0.616. The van der Waals surface area contributed by atoms with Gasteiger partial charge in [0, 0.05) is 49.9 Å². The first-order valence-corrected chi connectivity index (χ1v) is 7.83. The van der Waals surface area contributed by atoms with Gasteiger partial charge in [0.15, 0.2) is 0 Å². The van der Waals surface area contributed by atoms with E-state index in [1.54, 1.807) is 11.8 Å². The van der Waals surface area contributed by atoms with Crippen LogP contribution in [-0.4, -0.2) is 39.2 Å². The van der Waals surface area contributed by atoms with Gasteiger partial charge < -0.3 is 14.6 Å². The van der Waals surface area contributed by atoms with E-state index in [0.29, 0.717) is 6.42 Å². The lowest BCUT2D eigenvalue weighted by atomic mass is 10.2. The molecule has 1 heterocycles. The van der Waals surface area contributed by atoms with Crippen LogP contribution >= 0.6 is 11.8 Å². The second-order valence-electron chi connectivity index (χ2n) is 5.04. The molecule has 0 radical (unpaired) electrons. The van der Waals surface area contributed by atoms with Gasteiger partial charge in [0.25, 0.3) is 0 Å². The first-order chi connectivity index (χ1) is 9.22. The predicted molar refractivity (Wildman–Crippen MR) is 83.6 cm³/mol.